The van der Waals surface area contributed by atoms with Crippen molar-refractivity contribution in [1.29, 1.82) is 0 Å². The molecule has 2 aliphatic heterocycles. The van der Waals surface area contributed by atoms with Gasteiger partial charge in [0.15, 0.2) is 0 Å². The van der Waals surface area contributed by atoms with Crippen molar-refractivity contribution < 1.29 is 21.6 Å². The molecule has 43 heavy (non-hydrogen) atoms. The van der Waals surface area contributed by atoms with Gasteiger partial charge in [0.05, 0.1) is 15.8 Å². The molecule has 0 spiro atoms. The van der Waals surface area contributed by atoms with Gasteiger partial charge in [-0.05, 0) is 62.4 Å². The summed E-state index contributed by atoms with van der Waals surface area (Å²) in [5, 5.41) is 0. The monoisotopic (exact) mass is 616 g/mol. The molecule has 0 radical (unpaired) electrons. The van der Waals surface area contributed by atoms with E-state index in [9.17, 15) is 21.6 Å². The van der Waals surface area contributed by atoms with Crippen LogP contribution in [0.25, 0.3) is 0 Å². The normalized spacial score (nSPS) is 26.7. The van der Waals surface area contributed by atoms with Gasteiger partial charge in [0.2, 0.25) is 20.0 Å². The third-order valence-electron chi connectivity index (χ3n) is 9.05. The molecule has 0 N–H and O–H groups in total. The Morgan fingerprint density at radius 2 is 1.33 bits per heavy atom. The fourth-order valence-corrected chi connectivity index (χ4v) is 10.3. The van der Waals surface area contributed by atoms with E-state index >= 15 is 0 Å². The molecule has 2 saturated heterocycles. The third-order valence-corrected chi connectivity index (χ3v) is 12.9. The molecular formula is C34H36N2O5S2. The molecule has 7 nitrogen and oxygen atoms in total. The summed E-state index contributed by atoms with van der Waals surface area (Å²) in [7, 11) is -8.03. The van der Waals surface area contributed by atoms with Gasteiger partial charge in [-0.2, -0.15) is 8.61 Å². The lowest BCUT2D eigenvalue weighted by Crippen LogP contribution is -2.64. The summed E-state index contributed by atoms with van der Waals surface area (Å²) in [4.78, 5) is 14.3. The molecule has 0 amide bonds. The lowest BCUT2D eigenvalue weighted by atomic mass is 9.75. The largest absolute Gasteiger partial charge is 0.299 e. The molecule has 0 bridgehead atoms. The van der Waals surface area contributed by atoms with E-state index < -0.39 is 44.1 Å². The molecule has 6 rings (SSSR count). The molecule has 0 aromatic heterocycles. The van der Waals surface area contributed by atoms with Crippen LogP contribution >= 0.6 is 0 Å². The van der Waals surface area contributed by atoms with Gasteiger partial charge in [-0.15, -0.1) is 0 Å². The molecular weight excluding hydrogens is 581 g/mol. The van der Waals surface area contributed by atoms with Gasteiger partial charge in [-0.25, -0.2) is 16.8 Å². The highest BCUT2D eigenvalue weighted by Gasteiger charge is 2.55. The standard InChI is InChI=1S/C34H36N2O5S2/c1-24-13-17-28(18-14-24)42(38,39)35-23-30-33(21-31(35)26-9-5-3-6-10-26)36(43(40,41)29-19-15-25(2)16-20-29)32(22-34(30)37)27-11-7-4-8-12-27/h3-11,13-20,27,30-33H,12,21-23H2,1-2H3/t27-,30?,31?,32?,33?/m1/s1. The SMILES string of the molecule is Cc1ccc(S(=O)(=O)N2CC3C(=O)CC([C@@H]4C=CC=CC4)N(S(=O)(=O)c4ccc(C)cc4)C3CC2c2ccccc2)cc1. The van der Waals surface area contributed by atoms with E-state index in [1.54, 1.807) is 52.8 Å². The minimum absolute atomic E-state index is 0.0313. The molecule has 3 aliphatic rings. The van der Waals surface area contributed by atoms with E-state index in [4.69, 9.17) is 0 Å². The summed E-state index contributed by atoms with van der Waals surface area (Å²) < 4.78 is 60.4. The molecule has 5 atom stereocenters. The average molecular weight is 617 g/mol. The number of hydrogen-bond donors (Lipinski definition) is 0. The fraction of sp³-hybridized carbons (Fsp3) is 0.324. The highest BCUT2D eigenvalue weighted by molar-refractivity contribution is 7.89. The number of aryl methyl sites for hydroxylation is 2. The van der Waals surface area contributed by atoms with Crippen LogP contribution in [0.4, 0.5) is 0 Å². The summed E-state index contributed by atoms with van der Waals surface area (Å²) in [6.07, 6.45) is 8.65. The zero-order valence-electron chi connectivity index (χ0n) is 24.3. The Balaban J connectivity index is 1.48. The predicted molar refractivity (Wildman–Crippen MR) is 166 cm³/mol. The van der Waals surface area contributed by atoms with Gasteiger partial charge in [-0.1, -0.05) is 90.0 Å². The molecule has 224 valence electrons. The minimum atomic E-state index is -4.03. The van der Waals surface area contributed by atoms with E-state index in [0.29, 0.717) is 6.42 Å². The summed E-state index contributed by atoms with van der Waals surface area (Å²) in [5.74, 6) is -1.05. The molecule has 3 aromatic carbocycles. The van der Waals surface area contributed by atoms with E-state index in [2.05, 4.69) is 0 Å². The van der Waals surface area contributed by atoms with Crippen LogP contribution < -0.4 is 0 Å². The van der Waals surface area contributed by atoms with Crippen LogP contribution in [0.2, 0.25) is 0 Å². The van der Waals surface area contributed by atoms with Crippen molar-refractivity contribution >= 4 is 25.8 Å². The molecule has 4 unspecified atom stereocenters. The number of ketones is 1. The van der Waals surface area contributed by atoms with Gasteiger partial charge >= 0.3 is 0 Å². The summed E-state index contributed by atoms with van der Waals surface area (Å²) >= 11 is 0. The average Bonchev–Trinajstić information content (AvgIpc) is 3.01. The number of benzene rings is 3. The molecule has 0 saturated carbocycles. The maximum atomic E-state index is 14.5. The van der Waals surface area contributed by atoms with Crippen molar-refractivity contribution in [3.63, 3.8) is 0 Å². The van der Waals surface area contributed by atoms with Gasteiger partial charge in [0.1, 0.15) is 5.78 Å². The van der Waals surface area contributed by atoms with E-state index in [1.807, 2.05) is 68.5 Å². The second kappa shape index (κ2) is 11.6. The molecule has 2 fully saturated rings. The van der Waals surface area contributed by atoms with Crippen LogP contribution in [-0.4, -0.2) is 49.9 Å². The van der Waals surface area contributed by atoms with Gasteiger partial charge in [-0.3, -0.25) is 4.79 Å². The zero-order valence-corrected chi connectivity index (χ0v) is 25.9. The first-order valence-corrected chi connectivity index (χ1v) is 17.5. The van der Waals surface area contributed by atoms with Crippen molar-refractivity contribution in [3.8, 4) is 0 Å². The molecule has 3 aromatic rings. The van der Waals surface area contributed by atoms with Crippen LogP contribution in [0.5, 0.6) is 0 Å². The van der Waals surface area contributed by atoms with Crippen LogP contribution in [0.3, 0.4) is 0 Å². The van der Waals surface area contributed by atoms with Crippen LogP contribution in [0.15, 0.2) is 113 Å². The maximum absolute atomic E-state index is 14.5. The van der Waals surface area contributed by atoms with Gasteiger partial charge in [0, 0.05) is 31.0 Å². The molecule has 2 heterocycles. The number of nitrogens with zero attached hydrogens (tertiary/aromatic N) is 2. The maximum Gasteiger partial charge on any atom is 0.243 e. The lowest BCUT2D eigenvalue weighted by molar-refractivity contribution is -0.132. The molecule has 9 heteroatoms. The minimum Gasteiger partial charge on any atom is -0.299 e. The van der Waals surface area contributed by atoms with E-state index in [1.165, 1.54) is 4.31 Å². The second-order valence-electron chi connectivity index (χ2n) is 11.8. The number of carbonyl (C=O) groups excluding carboxylic acids is 1. The van der Waals surface area contributed by atoms with Crippen LogP contribution in [0, 0.1) is 25.7 Å². The second-order valence-corrected chi connectivity index (χ2v) is 15.6. The van der Waals surface area contributed by atoms with Crippen LogP contribution in [-0.2, 0) is 24.8 Å². The first kappa shape index (κ1) is 29.7. The highest BCUT2D eigenvalue weighted by Crippen LogP contribution is 2.46. The Morgan fingerprint density at radius 1 is 0.721 bits per heavy atom. The summed E-state index contributed by atoms with van der Waals surface area (Å²) in [5.41, 5.74) is 2.65. The van der Waals surface area contributed by atoms with E-state index in [-0.39, 0.29) is 40.9 Å². The number of allylic oxidation sites excluding steroid dienone is 3. The Labute approximate surface area is 254 Å². The predicted octanol–water partition coefficient (Wildman–Crippen LogP) is 5.59. The van der Waals surface area contributed by atoms with Gasteiger partial charge in [0.25, 0.3) is 0 Å². The first-order chi connectivity index (χ1) is 20.6. The lowest BCUT2D eigenvalue weighted by Gasteiger charge is -2.52. The number of rotatable bonds is 6. The zero-order chi connectivity index (χ0) is 30.4. The summed E-state index contributed by atoms with van der Waals surface area (Å²) in [6, 6.07) is 20.9. The Bertz CT molecular complexity index is 1770. The number of piperidine rings is 2. The number of fused-ring (bicyclic) bond motifs is 1. The number of hydrogen-bond acceptors (Lipinski definition) is 5. The Hall–Kier alpha value is -3.37. The quantitative estimate of drug-likeness (QED) is 0.360. The van der Waals surface area contributed by atoms with Crippen molar-refractivity contribution in [2.24, 2.45) is 11.8 Å². The Kier molecular flexibility index (Phi) is 8.02. The topological polar surface area (TPSA) is 91.8 Å². The van der Waals surface area contributed by atoms with E-state index in [0.717, 1.165) is 16.7 Å². The van der Waals surface area contributed by atoms with Crippen molar-refractivity contribution in [3.05, 3.63) is 120 Å². The number of Topliss-reactive ketones (excluding diaryl/α,β-unsaturated/α-hetero) is 1. The number of carbonyl (C=O) groups is 1. The number of sulfonamides is 2. The van der Waals surface area contributed by atoms with Crippen LogP contribution in [0.1, 0.15) is 42.0 Å². The summed E-state index contributed by atoms with van der Waals surface area (Å²) in [6.45, 7) is 3.71. The smallest absolute Gasteiger partial charge is 0.243 e. The Morgan fingerprint density at radius 3 is 1.91 bits per heavy atom. The van der Waals surface area contributed by atoms with Crippen molar-refractivity contribution in [2.45, 2.75) is 61.0 Å². The molecule has 1 aliphatic carbocycles. The first-order valence-electron chi connectivity index (χ1n) is 14.7. The van der Waals surface area contributed by atoms with Gasteiger partial charge < -0.3 is 0 Å². The van der Waals surface area contributed by atoms with Crippen molar-refractivity contribution in [2.75, 3.05) is 6.54 Å². The van der Waals surface area contributed by atoms with Crippen molar-refractivity contribution in [1.82, 2.24) is 8.61 Å². The fourth-order valence-electron chi connectivity index (χ4n) is 6.75. The third kappa shape index (κ3) is 5.55. The highest BCUT2D eigenvalue weighted by atomic mass is 32.2.